The van der Waals surface area contributed by atoms with Gasteiger partial charge in [0.2, 0.25) is 0 Å². The van der Waals surface area contributed by atoms with Gasteiger partial charge in [-0.3, -0.25) is 0 Å². The molecule has 0 aromatic heterocycles. The summed E-state index contributed by atoms with van der Waals surface area (Å²) in [5, 5.41) is 8.59. The predicted octanol–water partition coefficient (Wildman–Crippen LogP) is 3.62. The van der Waals surface area contributed by atoms with E-state index in [1.165, 1.54) is 18.9 Å². The highest BCUT2D eigenvalue weighted by molar-refractivity contribution is 5.85. The zero-order chi connectivity index (χ0) is 15.5. The first kappa shape index (κ1) is 17.2. The minimum atomic E-state index is -0.962. The molecule has 1 aromatic carbocycles. The average Bonchev–Trinajstić information content (AvgIpc) is 2.45. The number of hydrogen-bond acceptors (Lipinski definition) is 3. The van der Waals surface area contributed by atoms with E-state index in [0.29, 0.717) is 24.9 Å². The van der Waals surface area contributed by atoms with Gasteiger partial charge in [-0.2, -0.15) is 0 Å². The van der Waals surface area contributed by atoms with Crippen LogP contribution >= 0.6 is 0 Å². The van der Waals surface area contributed by atoms with E-state index < -0.39 is 5.97 Å². The van der Waals surface area contributed by atoms with Crippen LogP contribution in [-0.4, -0.2) is 30.9 Å². The fourth-order valence-corrected chi connectivity index (χ4v) is 1.95. The van der Waals surface area contributed by atoms with Crippen LogP contribution in [0.4, 0.5) is 0 Å². The van der Waals surface area contributed by atoms with E-state index in [1.807, 2.05) is 18.2 Å². The zero-order valence-corrected chi connectivity index (χ0v) is 12.7. The highest BCUT2D eigenvalue weighted by Gasteiger charge is 2.01. The molecule has 0 aliphatic rings. The van der Waals surface area contributed by atoms with E-state index in [4.69, 9.17) is 14.6 Å². The van der Waals surface area contributed by atoms with Gasteiger partial charge < -0.3 is 14.6 Å². The summed E-state index contributed by atoms with van der Waals surface area (Å²) in [6, 6.07) is 7.31. The minimum absolute atomic E-state index is 0.491. The monoisotopic (exact) mass is 292 g/mol. The van der Waals surface area contributed by atoms with E-state index in [-0.39, 0.29) is 0 Å². The van der Waals surface area contributed by atoms with Crippen molar-refractivity contribution in [2.75, 3.05) is 19.8 Å². The van der Waals surface area contributed by atoms with Gasteiger partial charge in [0, 0.05) is 12.7 Å². The topological polar surface area (TPSA) is 55.8 Å². The summed E-state index contributed by atoms with van der Waals surface area (Å²) in [6.07, 6.45) is 5.01. The van der Waals surface area contributed by atoms with Crippen LogP contribution in [-0.2, 0) is 9.53 Å². The molecule has 0 heterocycles. The van der Waals surface area contributed by atoms with Crippen molar-refractivity contribution in [1.82, 2.24) is 0 Å². The van der Waals surface area contributed by atoms with Crippen LogP contribution in [0.1, 0.15) is 32.3 Å². The molecule has 21 heavy (non-hydrogen) atoms. The Kier molecular flexibility index (Phi) is 8.21. The predicted molar refractivity (Wildman–Crippen MR) is 83.5 cm³/mol. The largest absolute Gasteiger partial charge is 0.491 e. The Balaban J connectivity index is 2.29. The Morgan fingerprint density at radius 2 is 2.19 bits per heavy atom. The van der Waals surface area contributed by atoms with Crippen molar-refractivity contribution in [2.24, 2.45) is 5.92 Å². The van der Waals surface area contributed by atoms with Crippen LogP contribution in [0.5, 0.6) is 5.75 Å². The van der Waals surface area contributed by atoms with Gasteiger partial charge in [-0.05, 0) is 36.1 Å². The molecular weight excluding hydrogens is 268 g/mol. The van der Waals surface area contributed by atoms with E-state index in [0.717, 1.165) is 18.2 Å². The molecule has 4 heteroatoms. The maximum Gasteiger partial charge on any atom is 0.328 e. The first-order valence-corrected chi connectivity index (χ1v) is 7.33. The number of rotatable bonds is 10. The van der Waals surface area contributed by atoms with Crippen molar-refractivity contribution in [3.63, 3.8) is 0 Å². The molecule has 0 saturated carbocycles. The Morgan fingerprint density at radius 3 is 2.90 bits per heavy atom. The summed E-state index contributed by atoms with van der Waals surface area (Å²) < 4.78 is 11.2. The standard InChI is InChI=1S/C17H24O4/c1-3-5-14(2)13-20-10-11-21-16-7-4-6-15(12-16)8-9-17(18)19/h4,6-9,12,14H,3,5,10-11,13H2,1-2H3,(H,18,19)/b9-8+. The number of benzene rings is 1. The van der Waals surface area contributed by atoms with Gasteiger partial charge in [-0.25, -0.2) is 4.79 Å². The van der Waals surface area contributed by atoms with E-state index >= 15 is 0 Å². The lowest BCUT2D eigenvalue weighted by Crippen LogP contribution is -2.11. The number of aliphatic carboxylic acids is 1. The van der Waals surface area contributed by atoms with Crippen LogP contribution in [0.3, 0.4) is 0 Å². The number of carboxylic acid groups (broad SMARTS) is 1. The molecule has 0 aliphatic carbocycles. The molecule has 116 valence electrons. The molecule has 1 N–H and O–H groups in total. The third kappa shape index (κ3) is 8.15. The summed E-state index contributed by atoms with van der Waals surface area (Å²) in [7, 11) is 0. The van der Waals surface area contributed by atoms with Gasteiger partial charge in [-0.1, -0.05) is 32.4 Å². The maximum absolute atomic E-state index is 10.5. The summed E-state index contributed by atoms with van der Waals surface area (Å²) in [6.45, 7) is 6.17. The maximum atomic E-state index is 10.5. The van der Waals surface area contributed by atoms with Gasteiger partial charge in [-0.15, -0.1) is 0 Å². The molecular formula is C17H24O4. The van der Waals surface area contributed by atoms with Crippen molar-refractivity contribution in [2.45, 2.75) is 26.7 Å². The molecule has 0 aliphatic heterocycles. The molecule has 1 unspecified atom stereocenters. The third-order valence-corrected chi connectivity index (χ3v) is 2.96. The smallest absolute Gasteiger partial charge is 0.328 e. The number of ether oxygens (including phenoxy) is 2. The van der Waals surface area contributed by atoms with Gasteiger partial charge in [0.1, 0.15) is 12.4 Å². The van der Waals surface area contributed by atoms with Crippen molar-refractivity contribution < 1.29 is 19.4 Å². The Bertz CT molecular complexity index is 454. The molecule has 0 fully saturated rings. The average molecular weight is 292 g/mol. The normalized spacial score (nSPS) is 12.5. The molecule has 1 atom stereocenters. The molecule has 0 spiro atoms. The van der Waals surface area contributed by atoms with Crippen LogP contribution in [0.2, 0.25) is 0 Å². The quantitative estimate of drug-likeness (QED) is 0.528. The summed E-state index contributed by atoms with van der Waals surface area (Å²) in [5.41, 5.74) is 0.799. The second kappa shape index (κ2) is 10.00. The second-order valence-electron chi connectivity index (χ2n) is 5.06. The van der Waals surface area contributed by atoms with Gasteiger partial charge >= 0.3 is 5.97 Å². The van der Waals surface area contributed by atoms with Gasteiger partial charge in [0.05, 0.1) is 6.61 Å². The first-order valence-electron chi connectivity index (χ1n) is 7.33. The fourth-order valence-electron chi connectivity index (χ4n) is 1.95. The van der Waals surface area contributed by atoms with Crippen LogP contribution in [0, 0.1) is 5.92 Å². The van der Waals surface area contributed by atoms with Crippen molar-refractivity contribution in [3.8, 4) is 5.75 Å². The van der Waals surface area contributed by atoms with Gasteiger partial charge in [0.15, 0.2) is 0 Å². The highest BCUT2D eigenvalue weighted by Crippen LogP contribution is 2.14. The van der Waals surface area contributed by atoms with E-state index in [1.54, 1.807) is 6.07 Å². The van der Waals surface area contributed by atoms with Crippen molar-refractivity contribution in [1.29, 1.82) is 0 Å². The molecule has 1 rings (SSSR count). The Labute approximate surface area is 126 Å². The molecule has 4 nitrogen and oxygen atoms in total. The lowest BCUT2D eigenvalue weighted by Gasteiger charge is -2.11. The summed E-state index contributed by atoms with van der Waals surface area (Å²) in [4.78, 5) is 10.5. The van der Waals surface area contributed by atoms with Crippen molar-refractivity contribution in [3.05, 3.63) is 35.9 Å². The molecule has 0 saturated heterocycles. The fraction of sp³-hybridized carbons (Fsp3) is 0.471. The van der Waals surface area contributed by atoms with Gasteiger partial charge in [0.25, 0.3) is 0 Å². The van der Waals surface area contributed by atoms with Crippen LogP contribution < -0.4 is 4.74 Å². The lowest BCUT2D eigenvalue weighted by atomic mass is 10.1. The summed E-state index contributed by atoms with van der Waals surface area (Å²) >= 11 is 0. The molecule has 0 bridgehead atoms. The highest BCUT2D eigenvalue weighted by atomic mass is 16.5. The van der Waals surface area contributed by atoms with E-state index in [2.05, 4.69) is 13.8 Å². The zero-order valence-electron chi connectivity index (χ0n) is 12.7. The molecule has 0 amide bonds. The SMILES string of the molecule is CCCC(C)COCCOc1cccc(/C=C/C(=O)O)c1. The van der Waals surface area contributed by atoms with Crippen molar-refractivity contribution >= 4 is 12.0 Å². The van der Waals surface area contributed by atoms with Crippen LogP contribution in [0.25, 0.3) is 6.08 Å². The third-order valence-electron chi connectivity index (χ3n) is 2.96. The lowest BCUT2D eigenvalue weighted by molar-refractivity contribution is -0.131. The Morgan fingerprint density at radius 1 is 1.38 bits per heavy atom. The minimum Gasteiger partial charge on any atom is -0.491 e. The first-order chi connectivity index (χ1) is 10.1. The number of carboxylic acids is 1. The number of carbonyl (C=O) groups is 1. The Hall–Kier alpha value is -1.81. The number of hydrogen-bond donors (Lipinski definition) is 1. The van der Waals surface area contributed by atoms with E-state index in [9.17, 15) is 4.79 Å². The summed E-state index contributed by atoms with van der Waals surface area (Å²) in [5.74, 6) is 0.336. The molecule has 1 aromatic rings. The second-order valence-corrected chi connectivity index (χ2v) is 5.06. The van der Waals surface area contributed by atoms with Crippen LogP contribution in [0.15, 0.2) is 30.3 Å². The molecule has 0 radical (unpaired) electrons.